The Balaban J connectivity index is 1.73. The first-order valence-electron chi connectivity index (χ1n) is 7.86. The van der Waals surface area contributed by atoms with Gasteiger partial charge < -0.3 is 15.0 Å². The van der Waals surface area contributed by atoms with E-state index >= 15 is 0 Å². The second kappa shape index (κ2) is 7.76. The number of carbonyl (C=O) groups excluding carboxylic acids is 1. The second-order valence-electron chi connectivity index (χ2n) is 5.55. The lowest BCUT2D eigenvalue weighted by Crippen LogP contribution is -2.21. The molecule has 25 heavy (non-hydrogen) atoms. The normalized spacial score (nSPS) is 10.8. The number of hydrogen-bond donors (Lipinski definition) is 2. The number of ether oxygens (including phenoxy) is 1. The van der Waals surface area contributed by atoms with Crippen molar-refractivity contribution in [2.45, 2.75) is 26.5 Å². The van der Waals surface area contributed by atoms with E-state index in [1.165, 1.54) is 0 Å². The second-order valence-corrected chi connectivity index (χ2v) is 6.39. The van der Waals surface area contributed by atoms with E-state index < -0.39 is 0 Å². The molecule has 3 rings (SSSR count). The van der Waals surface area contributed by atoms with Gasteiger partial charge in [0.15, 0.2) is 0 Å². The van der Waals surface area contributed by atoms with Gasteiger partial charge in [0, 0.05) is 35.3 Å². The van der Waals surface area contributed by atoms with Gasteiger partial charge in [-0.05, 0) is 24.3 Å². The summed E-state index contributed by atoms with van der Waals surface area (Å²) in [4.78, 5) is 18.8. The highest BCUT2D eigenvalue weighted by Gasteiger charge is 2.09. The molecule has 2 N–H and O–H groups in total. The maximum Gasteiger partial charge on any atom is 0.220 e. The summed E-state index contributed by atoms with van der Waals surface area (Å²) in [6.07, 6.45) is 2.04. The molecular weight excluding hydrogens is 361 g/mol. The first-order chi connectivity index (χ1) is 12.0. The largest absolute Gasteiger partial charge is 0.486 e. The molecule has 1 amide bonds. The highest BCUT2D eigenvalue weighted by molar-refractivity contribution is 6.32. The maximum atomic E-state index is 11.4. The van der Waals surface area contributed by atoms with Crippen LogP contribution in [0.25, 0.3) is 10.9 Å². The Hall–Kier alpha value is -2.24. The number of aromatic amines is 1. The van der Waals surface area contributed by atoms with E-state index in [1.807, 2.05) is 25.1 Å². The number of fused-ring (bicyclic) bond motifs is 1. The summed E-state index contributed by atoms with van der Waals surface area (Å²) in [5, 5.41) is 4.90. The Kier molecular flexibility index (Phi) is 5.46. The highest BCUT2D eigenvalue weighted by Crippen LogP contribution is 2.31. The van der Waals surface area contributed by atoms with Crippen molar-refractivity contribution in [2.24, 2.45) is 0 Å². The number of aromatic nitrogens is 2. The Labute approximate surface area is 155 Å². The number of nitrogens with one attached hydrogen (secondary N) is 2. The van der Waals surface area contributed by atoms with Gasteiger partial charge in [0.2, 0.25) is 5.91 Å². The summed E-state index contributed by atoms with van der Waals surface area (Å²) >= 11 is 12.1. The molecule has 0 aliphatic heterocycles. The number of carbonyl (C=O) groups is 1. The van der Waals surface area contributed by atoms with Crippen LogP contribution in [0.15, 0.2) is 36.5 Å². The molecule has 2 aromatic heterocycles. The number of amides is 1. The van der Waals surface area contributed by atoms with Crippen LogP contribution < -0.4 is 10.1 Å². The van der Waals surface area contributed by atoms with E-state index in [9.17, 15) is 4.79 Å². The average Bonchev–Trinajstić information content (AvgIpc) is 3.00. The molecular formula is C18H17Cl2N3O2. The van der Waals surface area contributed by atoms with Crippen molar-refractivity contribution in [3.8, 4) is 5.75 Å². The molecule has 7 heteroatoms. The summed E-state index contributed by atoms with van der Waals surface area (Å²) < 4.78 is 5.77. The third kappa shape index (κ3) is 4.44. The zero-order valence-electron chi connectivity index (χ0n) is 13.6. The molecule has 2 heterocycles. The molecule has 0 unspecified atom stereocenters. The number of rotatable bonds is 6. The summed E-state index contributed by atoms with van der Waals surface area (Å²) in [5.41, 5.74) is 2.56. The van der Waals surface area contributed by atoms with Crippen molar-refractivity contribution in [3.63, 3.8) is 0 Å². The molecule has 0 aliphatic rings. The molecule has 1 aromatic carbocycles. The van der Waals surface area contributed by atoms with Crippen LogP contribution in [0.3, 0.4) is 0 Å². The minimum atomic E-state index is 0.0103. The number of nitrogens with zero attached hydrogens (tertiary/aromatic N) is 1. The molecule has 3 aromatic rings. The molecule has 0 bridgehead atoms. The lowest BCUT2D eigenvalue weighted by Gasteiger charge is -2.08. The topological polar surface area (TPSA) is 67.0 Å². The summed E-state index contributed by atoms with van der Waals surface area (Å²) in [5.74, 6) is 0.577. The third-order valence-electron chi connectivity index (χ3n) is 3.69. The van der Waals surface area contributed by atoms with Crippen LogP contribution in [-0.2, 0) is 17.9 Å². The maximum absolute atomic E-state index is 11.4. The fourth-order valence-electron chi connectivity index (χ4n) is 2.36. The number of benzene rings is 1. The molecule has 0 spiro atoms. The summed E-state index contributed by atoms with van der Waals surface area (Å²) in [7, 11) is 0. The smallest absolute Gasteiger partial charge is 0.220 e. The van der Waals surface area contributed by atoms with Crippen molar-refractivity contribution in [2.75, 3.05) is 0 Å². The van der Waals surface area contributed by atoms with Crippen molar-refractivity contribution in [3.05, 3.63) is 58.0 Å². The Morgan fingerprint density at radius 1 is 1.28 bits per heavy atom. The molecule has 0 fully saturated rings. The van der Waals surface area contributed by atoms with E-state index in [1.54, 1.807) is 18.3 Å². The Morgan fingerprint density at radius 2 is 2.12 bits per heavy atom. The van der Waals surface area contributed by atoms with Crippen LogP contribution in [-0.4, -0.2) is 15.9 Å². The standard InChI is InChI=1S/C18H17Cl2N3O2/c1-2-18(24)22-9-14-5-11-6-15(20)17(7-16(11)23-14)25-10-13-4-3-12(19)8-21-13/h3-8,23H,2,9-10H2,1H3,(H,22,24). The zero-order chi connectivity index (χ0) is 17.8. The summed E-state index contributed by atoms with van der Waals surface area (Å²) in [6, 6.07) is 9.21. The van der Waals surface area contributed by atoms with Crippen LogP contribution in [0.2, 0.25) is 10.0 Å². The molecule has 0 aliphatic carbocycles. The van der Waals surface area contributed by atoms with Gasteiger partial charge in [0.05, 0.1) is 22.3 Å². The molecule has 0 saturated heterocycles. The van der Waals surface area contributed by atoms with Crippen molar-refractivity contribution in [1.82, 2.24) is 15.3 Å². The first kappa shape index (κ1) is 17.6. The van der Waals surface area contributed by atoms with Gasteiger partial charge in [-0.3, -0.25) is 9.78 Å². The van der Waals surface area contributed by atoms with Crippen molar-refractivity contribution < 1.29 is 9.53 Å². The van der Waals surface area contributed by atoms with Crippen LogP contribution in [0.4, 0.5) is 0 Å². The average molecular weight is 378 g/mol. The number of halogens is 2. The van der Waals surface area contributed by atoms with Crippen LogP contribution in [0.5, 0.6) is 5.75 Å². The molecule has 0 radical (unpaired) electrons. The van der Waals surface area contributed by atoms with E-state index in [2.05, 4.69) is 15.3 Å². The minimum Gasteiger partial charge on any atom is -0.486 e. The predicted octanol–water partition coefficient (Wildman–Crippen LogP) is 4.47. The number of hydrogen-bond acceptors (Lipinski definition) is 3. The molecule has 0 atom stereocenters. The van der Waals surface area contributed by atoms with Crippen LogP contribution in [0.1, 0.15) is 24.7 Å². The monoisotopic (exact) mass is 377 g/mol. The Bertz CT molecular complexity index is 891. The van der Waals surface area contributed by atoms with Gasteiger partial charge in [0.1, 0.15) is 12.4 Å². The van der Waals surface area contributed by atoms with E-state index in [0.29, 0.717) is 35.4 Å². The van der Waals surface area contributed by atoms with Gasteiger partial charge in [-0.25, -0.2) is 0 Å². The molecule has 130 valence electrons. The molecule has 5 nitrogen and oxygen atoms in total. The SMILES string of the molecule is CCC(=O)NCc1cc2cc(Cl)c(OCc3ccc(Cl)cn3)cc2[nH]1. The minimum absolute atomic E-state index is 0.0103. The van der Waals surface area contributed by atoms with E-state index in [4.69, 9.17) is 27.9 Å². The highest BCUT2D eigenvalue weighted by atomic mass is 35.5. The van der Waals surface area contributed by atoms with Gasteiger partial charge in [-0.15, -0.1) is 0 Å². The summed E-state index contributed by atoms with van der Waals surface area (Å²) in [6.45, 7) is 2.56. The third-order valence-corrected chi connectivity index (χ3v) is 4.21. The number of H-pyrrole nitrogens is 1. The van der Waals surface area contributed by atoms with Gasteiger partial charge >= 0.3 is 0 Å². The van der Waals surface area contributed by atoms with Gasteiger partial charge in [-0.1, -0.05) is 30.1 Å². The lowest BCUT2D eigenvalue weighted by atomic mass is 10.2. The van der Waals surface area contributed by atoms with Crippen LogP contribution in [0, 0.1) is 0 Å². The van der Waals surface area contributed by atoms with Gasteiger partial charge in [0.25, 0.3) is 0 Å². The predicted molar refractivity (Wildman–Crippen MR) is 99.0 cm³/mol. The van der Waals surface area contributed by atoms with Crippen molar-refractivity contribution >= 4 is 40.0 Å². The fraction of sp³-hybridized carbons (Fsp3) is 0.222. The van der Waals surface area contributed by atoms with E-state index in [-0.39, 0.29) is 5.91 Å². The molecule has 0 saturated carbocycles. The van der Waals surface area contributed by atoms with Crippen LogP contribution >= 0.6 is 23.2 Å². The van der Waals surface area contributed by atoms with Crippen molar-refractivity contribution in [1.29, 1.82) is 0 Å². The van der Waals surface area contributed by atoms with E-state index in [0.717, 1.165) is 22.3 Å². The number of pyridine rings is 1. The fourth-order valence-corrected chi connectivity index (χ4v) is 2.70. The zero-order valence-corrected chi connectivity index (χ0v) is 15.1. The first-order valence-corrected chi connectivity index (χ1v) is 8.62. The Morgan fingerprint density at radius 3 is 2.84 bits per heavy atom. The quantitative estimate of drug-likeness (QED) is 0.665. The van der Waals surface area contributed by atoms with Gasteiger partial charge in [-0.2, -0.15) is 0 Å². The lowest BCUT2D eigenvalue weighted by molar-refractivity contribution is -0.120.